The molecule has 7 rings (SSSR count). The normalized spacial score (nSPS) is 48.4. The van der Waals surface area contributed by atoms with Gasteiger partial charge in [-0.15, -0.1) is 0 Å². The maximum atomic E-state index is 13.9. The summed E-state index contributed by atoms with van der Waals surface area (Å²) in [6.07, 6.45) is -1.63. The van der Waals surface area contributed by atoms with E-state index in [1.54, 1.807) is 59.8 Å². The third-order valence-electron chi connectivity index (χ3n) is 13.5. The number of ether oxygens (including phenoxy) is 7. The second kappa shape index (κ2) is 11.4. The van der Waals surface area contributed by atoms with Crippen LogP contribution in [0.1, 0.15) is 43.5 Å². The molecule has 5 unspecified atom stereocenters. The van der Waals surface area contributed by atoms with E-state index in [0.29, 0.717) is 50.3 Å². The SMILES string of the molecule is CCO[C@]12C[C@H](OC)[C@@]3(O)C[C@H]([C@@H]1[C@H]3OC(=O)c1ccc(OC)cc1)[C@@]13C(OC)CC(O)[C@@]4(COC)CN(CC)C1C2C(OC)[C@H]43. The highest BCUT2D eigenvalue weighted by molar-refractivity contribution is 5.89. The number of carbonyl (C=O) groups is 1. The number of likely N-dealkylation sites (tertiary alicyclic amines) is 1. The number of methoxy groups -OCH3 is 5. The number of rotatable bonds is 11. The summed E-state index contributed by atoms with van der Waals surface area (Å²) in [5.41, 5.74) is -3.11. The van der Waals surface area contributed by atoms with E-state index < -0.39 is 46.3 Å². The zero-order valence-corrected chi connectivity index (χ0v) is 28.1. The molecule has 0 radical (unpaired) electrons. The van der Waals surface area contributed by atoms with Gasteiger partial charge in [0.25, 0.3) is 0 Å². The van der Waals surface area contributed by atoms with Gasteiger partial charge in [-0.05, 0) is 50.1 Å². The molecule has 5 aliphatic carbocycles. The van der Waals surface area contributed by atoms with Crippen LogP contribution in [0.25, 0.3) is 0 Å². The molecule has 46 heavy (non-hydrogen) atoms. The third-order valence-corrected chi connectivity index (χ3v) is 13.5. The van der Waals surface area contributed by atoms with Crippen LogP contribution in [0.5, 0.6) is 5.75 Å². The molecule has 11 nitrogen and oxygen atoms in total. The zero-order chi connectivity index (χ0) is 32.8. The number of esters is 1. The molecule has 5 saturated carbocycles. The maximum absolute atomic E-state index is 13.9. The number of fused-ring (bicyclic) bond motifs is 2. The Hall–Kier alpha value is -1.83. The summed E-state index contributed by atoms with van der Waals surface area (Å²) >= 11 is 0. The predicted molar refractivity (Wildman–Crippen MR) is 165 cm³/mol. The average molecular weight is 646 g/mol. The highest BCUT2D eigenvalue weighted by Crippen LogP contribution is 2.80. The minimum absolute atomic E-state index is 0.0152. The average Bonchev–Trinajstić information content (AvgIpc) is 3.43. The van der Waals surface area contributed by atoms with Crippen molar-refractivity contribution in [2.75, 3.05) is 61.9 Å². The molecular weight excluding hydrogens is 594 g/mol. The molecule has 2 N–H and O–H groups in total. The Bertz CT molecular complexity index is 1310. The standard InChI is InChI=1S/C35H51NO10/c1-8-36-17-32(18-40-3)22(37)14-23(42-5)35-21-15-33(39)24(43-6)16-34(45-9-2,26(29(35)36)27(44-7)28(32)35)25(21)30(33)46-31(38)19-10-12-20(41-4)13-11-19/h10-13,21-30,37,39H,8-9,14-18H2,1-7H3/t21-,22?,23?,24+,25-,26?,27?,28-,29?,30-,32+,33+,34-,35+/m1/s1. The molecule has 11 heteroatoms. The Balaban J connectivity index is 1.45. The van der Waals surface area contributed by atoms with Gasteiger partial charge in [0.05, 0.1) is 49.3 Å². The molecule has 1 aromatic rings. The molecular formula is C35H51NO10. The molecule has 0 aromatic heterocycles. The summed E-state index contributed by atoms with van der Waals surface area (Å²) in [6, 6.07) is 6.79. The Morgan fingerprint density at radius 2 is 1.70 bits per heavy atom. The Morgan fingerprint density at radius 3 is 2.28 bits per heavy atom. The molecule has 1 heterocycles. The molecule has 1 saturated heterocycles. The van der Waals surface area contributed by atoms with Crippen molar-refractivity contribution >= 4 is 5.97 Å². The van der Waals surface area contributed by atoms with Crippen LogP contribution >= 0.6 is 0 Å². The summed E-state index contributed by atoms with van der Waals surface area (Å²) in [6.45, 7) is 6.38. The van der Waals surface area contributed by atoms with Gasteiger partial charge in [-0.25, -0.2) is 4.79 Å². The van der Waals surface area contributed by atoms with Gasteiger partial charge in [0, 0.05) is 89.1 Å². The van der Waals surface area contributed by atoms with Crippen molar-refractivity contribution in [3.05, 3.63) is 29.8 Å². The number of hydrogen-bond acceptors (Lipinski definition) is 11. The van der Waals surface area contributed by atoms with Gasteiger partial charge in [0.2, 0.25) is 0 Å². The molecule has 6 fully saturated rings. The minimum Gasteiger partial charge on any atom is -0.497 e. The quantitative estimate of drug-likeness (QED) is 0.344. The van der Waals surface area contributed by atoms with E-state index in [-0.39, 0.29) is 41.9 Å². The first kappa shape index (κ1) is 32.7. The number of nitrogens with zero attached hydrogens (tertiary/aromatic N) is 1. The molecule has 1 aliphatic heterocycles. The van der Waals surface area contributed by atoms with Crippen LogP contribution in [0, 0.1) is 34.5 Å². The van der Waals surface area contributed by atoms with Gasteiger partial charge < -0.3 is 43.4 Å². The second-order valence-corrected chi connectivity index (χ2v) is 14.6. The number of hydrogen-bond donors (Lipinski definition) is 2. The first-order valence-electron chi connectivity index (χ1n) is 16.8. The monoisotopic (exact) mass is 645 g/mol. The van der Waals surface area contributed by atoms with Crippen molar-refractivity contribution in [1.82, 2.24) is 4.90 Å². The van der Waals surface area contributed by atoms with E-state index >= 15 is 0 Å². The number of benzene rings is 1. The lowest BCUT2D eigenvalue weighted by Gasteiger charge is -2.70. The van der Waals surface area contributed by atoms with Gasteiger partial charge in [-0.1, -0.05) is 6.92 Å². The summed E-state index contributed by atoms with van der Waals surface area (Å²) in [4.78, 5) is 16.4. The molecule has 1 spiro atoms. The lowest BCUT2D eigenvalue weighted by Crippen LogP contribution is -2.79. The van der Waals surface area contributed by atoms with E-state index in [2.05, 4.69) is 11.8 Å². The third kappa shape index (κ3) is 3.80. The van der Waals surface area contributed by atoms with E-state index in [1.165, 1.54) is 0 Å². The summed E-state index contributed by atoms with van der Waals surface area (Å²) < 4.78 is 44.0. The van der Waals surface area contributed by atoms with Gasteiger partial charge in [-0.3, -0.25) is 4.90 Å². The number of carbonyl (C=O) groups excluding carboxylic acids is 1. The van der Waals surface area contributed by atoms with Crippen molar-refractivity contribution in [2.45, 2.75) is 80.9 Å². The van der Waals surface area contributed by atoms with E-state index in [4.69, 9.17) is 33.2 Å². The number of piperidine rings is 1. The number of aliphatic hydroxyl groups excluding tert-OH is 1. The Kier molecular flexibility index (Phi) is 8.08. The summed E-state index contributed by atoms with van der Waals surface area (Å²) in [5.74, 6) is -0.750. The molecule has 1 aromatic carbocycles. The lowest BCUT2D eigenvalue weighted by atomic mass is 9.42. The first-order chi connectivity index (χ1) is 22.1. The fraction of sp³-hybridized carbons (Fsp3) is 0.800. The van der Waals surface area contributed by atoms with E-state index in [1.807, 2.05) is 6.92 Å². The van der Waals surface area contributed by atoms with Crippen LogP contribution in [0.15, 0.2) is 24.3 Å². The largest absolute Gasteiger partial charge is 0.497 e. The fourth-order valence-electron chi connectivity index (χ4n) is 12.5. The van der Waals surface area contributed by atoms with Crippen LogP contribution in [0.3, 0.4) is 0 Å². The summed E-state index contributed by atoms with van der Waals surface area (Å²) in [7, 11) is 8.39. The number of aliphatic hydroxyl groups is 2. The molecule has 14 atom stereocenters. The van der Waals surface area contributed by atoms with Crippen molar-refractivity contribution in [1.29, 1.82) is 0 Å². The van der Waals surface area contributed by atoms with Crippen LogP contribution < -0.4 is 4.74 Å². The van der Waals surface area contributed by atoms with Gasteiger partial charge >= 0.3 is 5.97 Å². The second-order valence-electron chi connectivity index (χ2n) is 14.6. The van der Waals surface area contributed by atoms with Crippen LogP contribution in [0.4, 0.5) is 0 Å². The van der Waals surface area contributed by atoms with E-state index in [9.17, 15) is 15.0 Å². The van der Waals surface area contributed by atoms with Gasteiger partial charge in [0.1, 0.15) is 17.5 Å². The topological polar surface area (TPSA) is 125 Å². The lowest BCUT2D eigenvalue weighted by molar-refractivity contribution is -0.304. The maximum Gasteiger partial charge on any atom is 0.338 e. The van der Waals surface area contributed by atoms with Crippen LogP contribution in [-0.2, 0) is 28.4 Å². The van der Waals surface area contributed by atoms with Crippen molar-refractivity contribution in [3.63, 3.8) is 0 Å². The smallest absolute Gasteiger partial charge is 0.338 e. The minimum atomic E-state index is -1.46. The first-order valence-corrected chi connectivity index (χ1v) is 16.8. The molecule has 6 aliphatic rings. The highest BCUT2D eigenvalue weighted by atomic mass is 16.6. The predicted octanol–water partition coefficient (Wildman–Crippen LogP) is 2.16. The van der Waals surface area contributed by atoms with Crippen LogP contribution in [0.2, 0.25) is 0 Å². The van der Waals surface area contributed by atoms with Gasteiger partial charge in [-0.2, -0.15) is 0 Å². The Labute approximate surface area is 271 Å². The highest BCUT2D eigenvalue weighted by Gasteiger charge is 2.90. The zero-order valence-electron chi connectivity index (χ0n) is 28.1. The molecule has 256 valence electrons. The van der Waals surface area contributed by atoms with Crippen molar-refractivity contribution in [3.8, 4) is 5.75 Å². The molecule has 7 bridgehead atoms. The summed E-state index contributed by atoms with van der Waals surface area (Å²) in [5, 5.41) is 24.9. The van der Waals surface area contributed by atoms with Crippen LogP contribution in [-0.4, -0.2) is 131 Å². The van der Waals surface area contributed by atoms with E-state index in [0.717, 1.165) is 6.54 Å². The Morgan fingerprint density at radius 1 is 0.978 bits per heavy atom. The van der Waals surface area contributed by atoms with Gasteiger partial charge in [0.15, 0.2) is 0 Å². The van der Waals surface area contributed by atoms with Crippen molar-refractivity contribution < 1.29 is 48.2 Å². The van der Waals surface area contributed by atoms with Crippen molar-refractivity contribution in [2.24, 2.45) is 34.5 Å². The fourth-order valence-corrected chi connectivity index (χ4v) is 12.5. The molecule has 0 amide bonds.